The number of aromatic nitrogens is 1. The Morgan fingerprint density at radius 1 is 1.10 bits per heavy atom. The van der Waals surface area contributed by atoms with E-state index in [4.69, 9.17) is 14.2 Å². The van der Waals surface area contributed by atoms with Gasteiger partial charge in [-0.15, -0.1) is 0 Å². The van der Waals surface area contributed by atoms with Crippen LogP contribution in [0.4, 0.5) is 4.39 Å². The van der Waals surface area contributed by atoms with Gasteiger partial charge in [-0.3, -0.25) is 0 Å². The van der Waals surface area contributed by atoms with Crippen LogP contribution in [0.1, 0.15) is 17.4 Å². The van der Waals surface area contributed by atoms with E-state index >= 15 is 0 Å². The summed E-state index contributed by atoms with van der Waals surface area (Å²) in [5.41, 5.74) is 1.85. The van der Waals surface area contributed by atoms with E-state index in [9.17, 15) is 12.8 Å². The smallest absolute Gasteiger partial charge is 0.236 e. The molecule has 3 aromatic rings. The molecule has 1 aromatic heterocycles. The van der Waals surface area contributed by atoms with Crippen molar-refractivity contribution in [3.05, 3.63) is 83.8 Å². The Morgan fingerprint density at radius 3 is 2.58 bits per heavy atom. The van der Waals surface area contributed by atoms with Gasteiger partial charge in [0.05, 0.1) is 30.7 Å². The Balaban J connectivity index is 1.59. The standard InChI is InChI=1S/C23H24FNO5S/c1-28-15-23-22(11-10-21(30-23)16-6-4-3-5-7-16)29-14-19-13-17-12-18(24)8-9-20(17)25(19)31(2,26)27/h3-13,21-23H,14-15H2,1-2H3/t21-,22-,23+/m0/s1. The molecule has 0 fully saturated rings. The largest absolute Gasteiger partial charge is 0.382 e. The number of benzene rings is 2. The zero-order valence-corrected chi connectivity index (χ0v) is 18.1. The van der Waals surface area contributed by atoms with Crippen molar-refractivity contribution in [3.8, 4) is 0 Å². The van der Waals surface area contributed by atoms with Crippen molar-refractivity contribution >= 4 is 20.9 Å². The molecule has 1 aliphatic heterocycles. The van der Waals surface area contributed by atoms with E-state index in [2.05, 4.69) is 0 Å². The maximum absolute atomic E-state index is 13.6. The zero-order chi connectivity index (χ0) is 22.0. The highest BCUT2D eigenvalue weighted by atomic mass is 32.2. The number of hydrogen-bond donors (Lipinski definition) is 0. The Morgan fingerprint density at radius 2 is 1.87 bits per heavy atom. The van der Waals surface area contributed by atoms with Gasteiger partial charge in [-0.1, -0.05) is 42.5 Å². The fourth-order valence-corrected chi connectivity index (χ4v) is 4.89. The predicted octanol–water partition coefficient (Wildman–Crippen LogP) is 3.82. The number of rotatable bonds is 7. The molecule has 2 aromatic carbocycles. The number of hydrogen-bond acceptors (Lipinski definition) is 5. The second-order valence-electron chi connectivity index (χ2n) is 7.49. The third-order valence-electron chi connectivity index (χ3n) is 5.17. The van der Waals surface area contributed by atoms with Crippen molar-refractivity contribution in [2.24, 2.45) is 0 Å². The SMILES string of the molecule is COC[C@H]1O[C@H](c2ccccc2)C=C[C@@H]1OCc1cc2cc(F)ccc2n1S(C)(=O)=O. The van der Waals surface area contributed by atoms with Gasteiger partial charge in [-0.05, 0) is 29.8 Å². The second-order valence-corrected chi connectivity index (χ2v) is 9.32. The van der Waals surface area contributed by atoms with Gasteiger partial charge in [-0.2, -0.15) is 0 Å². The van der Waals surface area contributed by atoms with Crippen LogP contribution in [0.5, 0.6) is 0 Å². The minimum atomic E-state index is -3.61. The Hall–Kier alpha value is -2.52. The van der Waals surface area contributed by atoms with E-state index in [-0.39, 0.29) is 18.8 Å². The van der Waals surface area contributed by atoms with Crippen LogP contribution in [0.2, 0.25) is 0 Å². The summed E-state index contributed by atoms with van der Waals surface area (Å²) in [6.45, 7) is 0.330. The molecule has 0 saturated heterocycles. The van der Waals surface area contributed by atoms with Crippen LogP contribution in [0, 0.1) is 5.82 Å². The van der Waals surface area contributed by atoms with Crippen molar-refractivity contribution in [1.29, 1.82) is 0 Å². The summed E-state index contributed by atoms with van der Waals surface area (Å²) >= 11 is 0. The van der Waals surface area contributed by atoms with Crippen LogP contribution < -0.4 is 0 Å². The average molecular weight is 446 g/mol. The van der Waals surface area contributed by atoms with E-state index in [1.807, 2.05) is 42.5 Å². The summed E-state index contributed by atoms with van der Waals surface area (Å²) in [4.78, 5) is 0. The lowest BCUT2D eigenvalue weighted by molar-refractivity contribution is -0.113. The first-order chi connectivity index (χ1) is 14.9. The van der Waals surface area contributed by atoms with Gasteiger partial charge in [0.1, 0.15) is 24.1 Å². The monoisotopic (exact) mass is 445 g/mol. The molecule has 3 atom stereocenters. The molecule has 0 N–H and O–H groups in total. The third kappa shape index (κ3) is 4.72. The molecule has 0 amide bonds. The first-order valence-electron chi connectivity index (χ1n) is 9.86. The topological polar surface area (TPSA) is 66.8 Å². The maximum Gasteiger partial charge on any atom is 0.236 e. The molecule has 0 bridgehead atoms. The van der Waals surface area contributed by atoms with Crippen LogP contribution in [-0.2, 0) is 30.8 Å². The summed E-state index contributed by atoms with van der Waals surface area (Å²) in [6, 6.07) is 15.5. The highest BCUT2D eigenvalue weighted by Gasteiger charge is 2.29. The molecular weight excluding hydrogens is 421 g/mol. The molecule has 0 spiro atoms. The Kier molecular flexibility index (Phi) is 6.24. The molecule has 6 nitrogen and oxygen atoms in total. The minimum Gasteiger partial charge on any atom is -0.382 e. The number of fused-ring (bicyclic) bond motifs is 1. The van der Waals surface area contributed by atoms with E-state index in [1.165, 1.54) is 22.2 Å². The maximum atomic E-state index is 13.6. The van der Waals surface area contributed by atoms with Gasteiger partial charge in [0.25, 0.3) is 0 Å². The normalized spacial score (nSPS) is 21.6. The second kappa shape index (κ2) is 8.92. The van der Waals surface area contributed by atoms with Crippen molar-refractivity contribution in [2.75, 3.05) is 20.0 Å². The summed E-state index contributed by atoms with van der Waals surface area (Å²) in [7, 11) is -2.02. The van der Waals surface area contributed by atoms with E-state index in [1.54, 1.807) is 13.2 Å². The zero-order valence-electron chi connectivity index (χ0n) is 17.3. The summed E-state index contributed by atoms with van der Waals surface area (Å²) in [5, 5.41) is 0.497. The van der Waals surface area contributed by atoms with Crippen molar-refractivity contribution in [2.45, 2.75) is 24.9 Å². The van der Waals surface area contributed by atoms with E-state index in [0.29, 0.717) is 23.2 Å². The highest BCUT2D eigenvalue weighted by molar-refractivity contribution is 7.89. The van der Waals surface area contributed by atoms with Gasteiger partial charge in [0.2, 0.25) is 10.0 Å². The fourth-order valence-electron chi connectivity index (χ4n) is 3.83. The van der Waals surface area contributed by atoms with Gasteiger partial charge < -0.3 is 14.2 Å². The van der Waals surface area contributed by atoms with Crippen LogP contribution in [0.3, 0.4) is 0 Å². The molecule has 31 heavy (non-hydrogen) atoms. The number of halogens is 1. The first-order valence-corrected chi connectivity index (χ1v) is 11.7. The Labute approximate surface area is 180 Å². The molecule has 2 heterocycles. The lowest BCUT2D eigenvalue weighted by Crippen LogP contribution is -2.37. The average Bonchev–Trinajstić information content (AvgIpc) is 3.11. The van der Waals surface area contributed by atoms with Gasteiger partial charge in [0, 0.05) is 12.5 Å². The molecule has 164 valence electrons. The van der Waals surface area contributed by atoms with Crippen molar-refractivity contribution < 1.29 is 27.0 Å². The molecule has 0 unspecified atom stereocenters. The van der Waals surface area contributed by atoms with E-state index in [0.717, 1.165) is 11.8 Å². The van der Waals surface area contributed by atoms with Gasteiger partial charge >= 0.3 is 0 Å². The molecule has 1 aliphatic rings. The van der Waals surface area contributed by atoms with Crippen LogP contribution in [0.25, 0.3) is 10.9 Å². The lowest BCUT2D eigenvalue weighted by Gasteiger charge is -2.32. The van der Waals surface area contributed by atoms with Gasteiger partial charge in [0.15, 0.2) is 0 Å². The van der Waals surface area contributed by atoms with E-state index < -0.39 is 21.9 Å². The molecular formula is C23H24FNO5S. The highest BCUT2D eigenvalue weighted by Crippen LogP contribution is 2.29. The molecule has 4 rings (SSSR count). The molecule has 8 heteroatoms. The van der Waals surface area contributed by atoms with Crippen LogP contribution in [-0.4, -0.2) is 44.6 Å². The number of ether oxygens (including phenoxy) is 3. The first kappa shape index (κ1) is 21.7. The number of methoxy groups -OCH3 is 1. The summed E-state index contributed by atoms with van der Waals surface area (Å²) in [6.07, 6.45) is 3.94. The third-order valence-corrected chi connectivity index (χ3v) is 6.26. The van der Waals surface area contributed by atoms with Crippen molar-refractivity contribution in [1.82, 2.24) is 3.97 Å². The predicted molar refractivity (Wildman–Crippen MR) is 116 cm³/mol. The molecule has 0 aliphatic carbocycles. The number of nitrogens with zero attached hydrogens (tertiary/aromatic N) is 1. The van der Waals surface area contributed by atoms with Crippen LogP contribution >= 0.6 is 0 Å². The summed E-state index contributed by atoms with van der Waals surface area (Å²) < 4.78 is 57.1. The fraction of sp³-hybridized carbons (Fsp3) is 0.304. The molecule has 0 radical (unpaired) electrons. The van der Waals surface area contributed by atoms with Crippen LogP contribution in [0.15, 0.2) is 66.7 Å². The van der Waals surface area contributed by atoms with Crippen molar-refractivity contribution in [3.63, 3.8) is 0 Å². The summed E-state index contributed by atoms with van der Waals surface area (Å²) in [5.74, 6) is -0.429. The molecule has 0 saturated carbocycles. The quantitative estimate of drug-likeness (QED) is 0.518. The van der Waals surface area contributed by atoms with Gasteiger partial charge in [-0.25, -0.2) is 16.8 Å². The lowest BCUT2D eigenvalue weighted by atomic mass is 10.0. The Bertz CT molecular complexity index is 1190. The minimum absolute atomic E-state index is 0.0119.